The summed E-state index contributed by atoms with van der Waals surface area (Å²) in [6, 6.07) is 11.9. The van der Waals surface area contributed by atoms with E-state index in [1.165, 1.54) is 11.7 Å². The van der Waals surface area contributed by atoms with Crippen molar-refractivity contribution in [3.05, 3.63) is 58.6 Å². The second kappa shape index (κ2) is 11.0. The molecule has 32 heavy (non-hydrogen) atoms. The zero-order chi connectivity index (χ0) is 22.9. The monoisotopic (exact) mass is 441 g/mol. The van der Waals surface area contributed by atoms with Crippen LogP contribution in [0.5, 0.6) is 11.5 Å². The van der Waals surface area contributed by atoms with Crippen molar-refractivity contribution in [1.82, 2.24) is 15.4 Å². The average Bonchev–Trinajstić information content (AvgIpc) is 3.12. The topological polar surface area (TPSA) is 112 Å². The predicted octanol–water partition coefficient (Wildman–Crippen LogP) is 3.02. The standard InChI is InChI=1S/C23H27N3O6/c1-3-4-14-31-19-12-11-16(15-20(19)30-2)22(28)25-24-21(27)10-7-13-26-17-8-5-6-9-18(17)32-23(26)29/h5-6,8-9,11-12,15H,3-4,7,10,13-14H2,1-2H3,(H,24,27)(H,25,28). The van der Waals surface area contributed by atoms with Crippen molar-refractivity contribution in [2.24, 2.45) is 0 Å². The second-order valence-corrected chi connectivity index (χ2v) is 7.16. The average molecular weight is 441 g/mol. The van der Waals surface area contributed by atoms with Gasteiger partial charge in [0, 0.05) is 18.5 Å². The third-order valence-corrected chi connectivity index (χ3v) is 4.86. The van der Waals surface area contributed by atoms with E-state index in [0.717, 1.165) is 12.8 Å². The molecule has 1 heterocycles. The van der Waals surface area contributed by atoms with Crippen molar-refractivity contribution >= 4 is 22.9 Å². The fourth-order valence-electron chi connectivity index (χ4n) is 3.14. The molecular formula is C23H27N3O6. The maximum absolute atomic E-state index is 12.4. The molecule has 9 heteroatoms. The van der Waals surface area contributed by atoms with E-state index in [-0.39, 0.29) is 12.3 Å². The molecule has 2 amide bonds. The Labute approximate surface area is 185 Å². The number of amides is 2. The van der Waals surface area contributed by atoms with Crippen LogP contribution in [-0.2, 0) is 11.3 Å². The first-order valence-corrected chi connectivity index (χ1v) is 10.5. The number of oxazole rings is 1. The molecule has 0 aliphatic heterocycles. The summed E-state index contributed by atoms with van der Waals surface area (Å²) in [4.78, 5) is 36.4. The van der Waals surface area contributed by atoms with Crippen molar-refractivity contribution in [3.63, 3.8) is 0 Å². The Bertz CT molecular complexity index is 1130. The van der Waals surface area contributed by atoms with Gasteiger partial charge in [0.1, 0.15) is 0 Å². The first kappa shape index (κ1) is 22.9. The van der Waals surface area contributed by atoms with E-state index in [1.54, 1.807) is 36.4 Å². The summed E-state index contributed by atoms with van der Waals surface area (Å²) < 4.78 is 17.6. The Kier molecular flexibility index (Phi) is 7.91. The lowest BCUT2D eigenvalue weighted by Crippen LogP contribution is -2.41. The molecule has 0 radical (unpaired) electrons. The lowest BCUT2D eigenvalue weighted by Gasteiger charge is -2.12. The Hall–Kier alpha value is -3.75. The third kappa shape index (κ3) is 5.69. The van der Waals surface area contributed by atoms with E-state index in [9.17, 15) is 14.4 Å². The van der Waals surface area contributed by atoms with Crippen molar-refractivity contribution < 1.29 is 23.5 Å². The quantitative estimate of drug-likeness (QED) is 0.370. The van der Waals surface area contributed by atoms with Gasteiger partial charge < -0.3 is 13.9 Å². The van der Waals surface area contributed by atoms with Crippen LogP contribution in [0.4, 0.5) is 0 Å². The summed E-state index contributed by atoms with van der Waals surface area (Å²) in [5.41, 5.74) is 6.28. The molecule has 2 aromatic carbocycles. The van der Waals surface area contributed by atoms with Crippen LogP contribution in [0.3, 0.4) is 0 Å². The lowest BCUT2D eigenvalue weighted by atomic mass is 10.2. The van der Waals surface area contributed by atoms with E-state index in [1.807, 2.05) is 6.07 Å². The van der Waals surface area contributed by atoms with Gasteiger partial charge in [-0.25, -0.2) is 4.79 Å². The first-order chi connectivity index (χ1) is 15.5. The van der Waals surface area contributed by atoms with Crippen LogP contribution in [0.25, 0.3) is 11.1 Å². The number of nitrogens with one attached hydrogen (secondary N) is 2. The van der Waals surface area contributed by atoms with Gasteiger partial charge in [-0.1, -0.05) is 25.5 Å². The Balaban J connectivity index is 1.48. The van der Waals surface area contributed by atoms with Gasteiger partial charge in [0.2, 0.25) is 5.91 Å². The number of fused-ring (bicyclic) bond motifs is 1. The normalized spacial score (nSPS) is 10.7. The number of carbonyl (C=O) groups is 2. The summed E-state index contributed by atoms with van der Waals surface area (Å²) in [6.07, 6.45) is 2.46. The number of nitrogens with zero attached hydrogens (tertiary/aromatic N) is 1. The third-order valence-electron chi connectivity index (χ3n) is 4.86. The van der Waals surface area contributed by atoms with Crippen LogP contribution in [-0.4, -0.2) is 30.1 Å². The van der Waals surface area contributed by atoms with Crippen molar-refractivity contribution in [2.75, 3.05) is 13.7 Å². The molecule has 0 atom stereocenters. The van der Waals surface area contributed by atoms with E-state index in [4.69, 9.17) is 13.9 Å². The van der Waals surface area contributed by atoms with Gasteiger partial charge in [0.15, 0.2) is 17.1 Å². The lowest BCUT2D eigenvalue weighted by molar-refractivity contribution is -0.122. The summed E-state index contributed by atoms with van der Waals surface area (Å²) in [5.74, 6) is -0.308. The molecule has 1 aromatic heterocycles. The van der Waals surface area contributed by atoms with Crippen molar-refractivity contribution in [2.45, 2.75) is 39.2 Å². The minimum atomic E-state index is -0.478. The Morgan fingerprint density at radius 2 is 1.88 bits per heavy atom. The van der Waals surface area contributed by atoms with Gasteiger partial charge in [-0.3, -0.25) is 25.0 Å². The number of hydrogen-bond acceptors (Lipinski definition) is 6. The van der Waals surface area contributed by atoms with Gasteiger partial charge in [-0.05, 0) is 43.2 Å². The smallest absolute Gasteiger partial charge is 0.419 e. The van der Waals surface area contributed by atoms with E-state index < -0.39 is 11.7 Å². The second-order valence-electron chi connectivity index (χ2n) is 7.16. The van der Waals surface area contributed by atoms with Crippen LogP contribution in [0.2, 0.25) is 0 Å². The minimum Gasteiger partial charge on any atom is -0.493 e. The number of hydrogen-bond donors (Lipinski definition) is 2. The maximum Gasteiger partial charge on any atom is 0.419 e. The fraction of sp³-hybridized carbons (Fsp3) is 0.348. The fourth-order valence-corrected chi connectivity index (χ4v) is 3.14. The van der Waals surface area contributed by atoms with Crippen molar-refractivity contribution in [3.8, 4) is 11.5 Å². The Morgan fingerprint density at radius 3 is 2.66 bits per heavy atom. The molecule has 3 aromatic rings. The van der Waals surface area contributed by atoms with Crippen LogP contribution in [0.1, 0.15) is 43.0 Å². The number of aryl methyl sites for hydroxylation is 1. The minimum absolute atomic E-state index is 0.125. The molecule has 0 unspecified atom stereocenters. The largest absolute Gasteiger partial charge is 0.493 e. The summed E-state index contributed by atoms with van der Waals surface area (Å²) >= 11 is 0. The van der Waals surface area contributed by atoms with E-state index in [2.05, 4.69) is 17.8 Å². The van der Waals surface area contributed by atoms with E-state index >= 15 is 0 Å². The van der Waals surface area contributed by atoms with Crippen LogP contribution in [0.15, 0.2) is 51.7 Å². The number of rotatable bonds is 10. The van der Waals surface area contributed by atoms with Crippen LogP contribution in [0, 0.1) is 0 Å². The van der Waals surface area contributed by atoms with Gasteiger partial charge in [-0.15, -0.1) is 0 Å². The molecule has 2 N–H and O–H groups in total. The summed E-state index contributed by atoms with van der Waals surface area (Å²) in [7, 11) is 1.50. The molecule has 170 valence electrons. The maximum atomic E-state index is 12.4. The van der Waals surface area contributed by atoms with Gasteiger partial charge >= 0.3 is 5.76 Å². The van der Waals surface area contributed by atoms with Gasteiger partial charge in [0.05, 0.1) is 19.2 Å². The zero-order valence-corrected chi connectivity index (χ0v) is 18.2. The molecule has 3 rings (SSSR count). The first-order valence-electron chi connectivity index (χ1n) is 10.5. The van der Waals surface area contributed by atoms with Crippen molar-refractivity contribution in [1.29, 1.82) is 0 Å². The molecule has 0 aliphatic rings. The number of ether oxygens (including phenoxy) is 2. The Morgan fingerprint density at radius 1 is 1.06 bits per heavy atom. The highest BCUT2D eigenvalue weighted by molar-refractivity contribution is 5.96. The summed E-state index contributed by atoms with van der Waals surface area (Å²) in [5, 5.41) is 0. The number of benzene rings is 2. The SMILES string of the molecule is CCCCOc1ccc(C(=O)NNC(=O)CCCn2c(=O)oc3ccccc32)cc1OC. The van der Waals surface area contributed by atoms with Gasteiger partial charge in [0.25, 0.3) is 5.91 Å². The highest BCUT2D eigenvalue weighted by Gasteiger charge is 2.13. The molecule has 0 fully saturated rings. The van der Waals surface area contributed by atoms with E-state index in [0.29, 0.717) is 47.7 Å². The highest BCUT2D eigenvalue weighted by atomic mass is 16.5. The molecule has 0 saturated heterocycles. The van der Waals surface area contributed by atoms with Crippen LogP contribution >= 0.6 is 0 Å². The number of unbranched alkanes of at least 4 members (excludes halogenated alkanes) is 1. The number of para-hydroxylation sites is 2. The molecule has 0 bridgehead atoms. The summed E-state index contributed by atoms with van der Waals surface area (Å²) in [6.45, 7) is 2.96. The van der Waals surface area contributed by atoms with Crippen LogP contribution < -0.4 is 26.1 Å². The number of methoxy groups -OCH3 is 1. The molecule has 0 aliphatic carbocycles. The number of hydrazine groups is 1. The van der Waals surface area contributed by atoms with Gasteiger partial charge in [-0.2, -0.15) is 0 Å². The molecule has 0 spiro atoms. The number of carbonyl (C=O) groups excluding carboxylic acids is 2. The molecule has 9 nitrogen and oxygen atoms in total. The molecule has 0 saturated carbocycles. The molecular weight excluding hydrogens is 414 g/mol. The zero-order valence-electron chi connectivity index (χ0n) is 18.2. The predicted molar refractivity (Wildman–Crippen MR) is 119 cm³/mol. The number of aromatic nitrogens is 1. The highest BCUT2D eigenvalue weighted by Crippen LogP contribution is 2.28.